The predicted molar refractivity (Wildman–Crippen MR) is 75.1 cm³/mol. The zero-order valence-corrected chi connectivity index (χ0v) is 11.6. The number of nitrogens with zero attached hydrogens (tertiary/aromatic N) is 1. The number of hydrogen-bond acceptors (Lipinski definition) is 3. The molecule has 0 unspecified atom stereocenters. The van der Waals surface area contributed by atoms with E-state index < -0.39 is 6.04 Å². The lowest BCUT2D eigenvalue weighted by Crippen LogP contribution is -2.47. The van der Waals surface area contributed by atoms with Crippen LogP contribution in [0.2, 0.25) is 0 Å². The summed E-state index contributed by atoms with van der Waals surface area (Å²) in [5.74, 6) is 0.941. The first kappa shape index (κ1) is 13.9. The van der Waals surface area contributed by atoms with E-state index in [0.717, 1.165) is 31.7 Å². The second-order valence-corrected chi connectivity index (χ2v) is 5.24. The SMILES string of the molecule is Cc1ccc(OC2CCN(C(=O)[C@@H](C)N)CC2)cc1. The van der Waals surface area contributed by atoms with Crippen molar-refractivity contribution in [2.24, 2.45) is 5.73 Å². The largest absolute Gasteiger partial charge is 0.490 e. The summed E-state index contributed by atoms with van der Waals surface area (Å²) in [6.07, 6.45) is 1.93. The Morgan fingerprint density at radius 3 is 2.42 bits per heavy atom. The molecule has 0 aliphatic carbocycles. The van der Waals surface area contributed by atoms with Crippen molar-refractivity contribution in [3.8, 4) is 5.75 Å². The highest BCUT2D eigenvalue weighted by molar-refractivity contribution is 5.81. The molecule has 2 N–H and O–H groups in total. The molecule has 1 aromatic carbocycles. The lowest BCUT2D eigenvalue weighted by molar-refractivity contribution is -0.133. The molecule has 2 rings (SSSR count). The summed E-state index contributed by atoms with van der Waals surface area (Å²) < 4.78 is 5.93. The van der Waals surface area contributed by atoms with E-state index >= 15 is 0 Å². The normalized spacial score (nSPS) is 18.2. The van der Waals surface area contributed by atoms with E-state index in [2.05, 4.69) is 6.92 Å². The van der Waals surface area contributed by atoms with Crippen LogP contribution >= 0.6 is 0 Å². The van der Waals surface area contributed by atoms with Gasteiger partial charge in [0.05, 0.1) is 6.04 Å². The van der Waals surface area contributed by atoms with Gasteiger partial charge in [-0.15, -0.1) is 0 Å². The monoisotopic (exact) mass is 262 g/mol. The van der Waals surface area contributed by atoms with Gasteiger partial charge in [0.25, 0.3) is 0 Å². The quantitative estimate of drug-likeness (QED) is 0.902. The fourth-order valence-electron chi connectivity index (χ4n) is 2.29. The van der Waals surface area contributed by atoms with Gasteiger partial charge in [-0.3, -0.25) is 4.79 Å². The van der Waals surface area contributed by atoms with Crippen molar-refractivity contribution in [3.05, 3.63) is 29.8 Å². The third-order valence-corrected chi connectivity index (χ3v) is 3.47. The number of carbonyl (C=O) groups is 1. The number of aryl methyl sites for hydroxylation is 1. The molecule has 4 nitrogen and oxygen atoms in total. The van der Waals surface area contributed by atoms with Crippen LogP contribution in [0.5, 0.6) is 5.75 Å². The van der Waals surface area contributed by atoms with Crippen molar-refractivity contribution in [3.63, 3.8) is 0 Å². The Morgan fingerprint density at radius 1 is 1.32 bits per heavy atom. The molecule has 1 aromatic rings. The van der Waals surface area contributed by atoms with E-state index in [1.807, 2.05) is 29.2 Å². The van der Waals surface area contributed by atoms with Crippen molar-refractivity contribution < 1.29 is 9.53 Å². The van der Waals surface area contributed by atoms with Crippen LogP contribution in [-0.2, 0) is 4.79 Å². The second kappa shape index (κ2) is 6.06. The summed E-state index contributed by atoms with van der Waals surface area (Å²) in [6.45, 7) is 5.26. The van der Waals surface area contributed by atoms with Gasteiger partial charge in [-0.05, 0) is 26.0 Å². The van der Waals surface area contributed by atoms with Gasteiger partial charge in [-0.25, -0.2) is 0 Å². The van der Waals surface area contributed by atoms with Gasteiger partial charge in [-0.1, -0.05) is 17.7 Å². The van der Waals surface area contributed by atoms with Crippen molar-refractivity contribution in [1.29, 1.82) is 0 Å². The van der Waals surface area contributed by atoms with E-state index in [1.165, 1.54) is 5.56 Å². The minimum absolute atomic E-state index is 0.0359. The minimum Gasteiger partial charge on any atom is -0.490 e. The Morgan fingerprint density at radius 2 is 1.89 bits per heavy atom. The van der Waals surface area contributed by atoms with Crippen LogP contribution in [0, 0.1) is 6.92 Å². The predicted octanol–water partition coefficient (Wildman–Crippen LogP) is 1.71. The number of hydrogen-bond donors (Lipinski definition) is 1. The van der Waals surface area contributed by atoms with E-state index in [4.69, 9.17) is 10.5 Å². The summed E-state index contributed by atoms with van der Waals surface area (Å²) in [5, 5.41) is 0. The smallest absolute Gasteiger partial charge is 0.239 e. The number of likely N-dealkylation sites (tertiary alicyclic amines) is 1. The van der Waals surface area contributed by atoms with Crippen molar-refractivity contribution in [2.45, 2.75) is 38.8 Å². The molecule has 0 aromatic heterocycles. The average molecular weight is 262 g/mol. The van der Waals surface area contributed by atoms with Crippen LogP contribution in [0.25, 0.3) is 0 Å². The van der Waals surface area contributed by atoms with Gasteiger partial charge in [0.1, 0.15) is 11.9 Å². The molecule has 1 amide bonds. The lowest BCUT2D eigenvalue weighted by Gasteiger charge is -2.33. The summed E-state index contributed by atoms with van der Waals surface area (Å²) in [6, 6.07) is 7.67. The molecule has 1 aliphatic rings. The van der Waals surface area contributed by atoms with Gasteiger partial charge in [-0.2, -0.15) is 0 Å². The van der Waals surface area contributed by atoms with Crippen molar-refractivity contribution in [1.82, 2.24) is 4.90 Å². The first-order chi connectivity index (χ1) is 9.06. The fourth-order valence-corrected chi connectivity index (χ4v) is 2.29. The maximum Gasteiger partial charge on any atom is 0.239 e. The lowest BCUT2D eigenvalue weighted by atomic mass is 10.1. The third-order valence-electron chi connectivity index (χ3n) is 3.47. The van der Waals surface area contributed by atoms with E-state index in [0.29, 0.717) is 0 Å². The van der Waals surface area contributed by atoms with E-state index in [-0.39, 0.29) is 12.0 Å². The van der Waals surface area contributed by atoms with Crippen molar-refractivity contribution >= 4 is 5.91 Å². The molecule has 1 heterocycles. The average Bonchev–Trinajstić information content (AvgIpc) is 2.41. The maximum absolute atomic E-state index is 11.8. The fraction of sp³-hybridized carbons (Fsp3) is 0.533. The Hall–Kier alpha value is -1.55. The summed E-state index contributed by atoms with van der Waals surface area (Å²) >= 11 is 0. The maximum atomic E-state index is 11.8. The zero-order chi connectivity index (χ0) is 13.8. The minimum atomic E-state index is -0.408. The number of rotatable bonds is 3. The highest BCUT2D eigenvalue weighted by Crippen LogP contribution is 2.19. The summed E-state index contributed by atoms with van der Waals surface area (Å²) in [5.41, 5.74) is 6.84. The molecule has 19 heavy (non-hydrogen) atoms. The number of nitrogens with two attached hydrogens (primary N) is 1. The highest BCUT2D eigenvalue weighted by Gasteiger charge is 2.25. The van der Waals surface area contributed by atoms with Gasteiger partial charge >= 0.3 is 0 Å². The third kappa shape index (κ3) is 3.70. The second-order valence-electron chi connectivity index (χ2n) is 5.24. The van der Waals surface area contributed by atoms with Gasteiger partial charge in [0.2, 0.25) is 5.91 Å². The number of amides is 1. The van der Waals surface area contributed by atoms with E-state index in [1.54, 1.807) is 6.92 Å². The van der Waals surface area contributed by atoms with E-state index in [9.17, 15) is 4.79 Å². The molecule has 0 spiro atoms. The van der Waals surface area contributed by atoms with Crippen LogP contribution in [0.3, 0.4) is 0 Å². The van der Waals surface area contributed by atoms with Crippen LogP contribution in [0.15, 0.2) is 24.3 Å². The Kier molecular flexibility index (Phi) is 4.43. The first-order valence-electron chi connectivity index (χ1n) is 6.84. The van der Waals surface area contributed by atoms with Crippen LogP contribution in [-0.4, -0.2) is 36.0 Å². The van der Waals surface area contributed by atoms with Crippen molar-refractivity contribution in [2.75, 3.05) is 13.1 Å². The highest BCUT2D eigenvalue weighted by atomic mass is 16.5. The molecule has 1 aliphatic heterocycles. The van der Waals surface area contributed by atoms with Gasteiger partial charge < -0.3 is 15.4 Å². The molecule has 0 saturated carbocycles. The molecule has 1 atom stereocenters. The summed E-state index contributed by atoms with van der Waals surface area (Å²) in [4.78, 5) is 13.6. The molecular weight excluding hydrogens is 240 g/mol. The van der Waals surface area contributed by atoms with Crippen LogP contribution in [0.1, 0.15) is 25.3 Å². The Labute approximate surface area is 114 Å². The topological polar surface area (TPSA) is 55.6 Å². The standard InChI is InChI=1S/C15H22N2O2/c1-11-3-5-13(6-4-11)19-14-7-9-17(10-8-14)15(18)12(2)16/h3-6,12,14H,7-10,16H2,1-2H3/t12-/m1/s1. The molecule has 1 fully saturated rings. The Balaban J connectivity index is 1.83. The molecule has 0 radical (unpaired) electrons. The molecular formula is C15H22N2O2. The first-order valence-corrected chi connectivity index (χ1v) is 6.84. The number of ether oxygens (including phenoxy) is 1. The number of benzene rings is 1. The molecule has 1 saturated heterocycles. The van der Waals surface area contributed by atoms with Gasteiger partial charge in [0, 0.05) is 25.9 Å². The zero-order valence-electron chi connectivity index (χ0n) is 11.6. The number of carbonyl (C=O) groups excluding carboxylic acids is 1. The number of piperidine rings is 1. The Bertz CT molecular complexity index is 420. The molecule has 4 heteroatoms. The molecule has 104 valence electrons. The van der Waals surface area contributed by atoms with Crippen LogP contribution < -0.4 is 10.5 Å². The van der Waals surface area contributed by atoms with Crippen LogP contribution in [0.4, 0.5) is 0 Å². The van der Waals surface area contributed by atoms with Gasteiger partial charge in [0.15, 0.2) is 0 Å². The summed E-state index contributed by atoms with van der Waals surface area (Å²) in [7, 11) is 0. The molecule has 0 bridgehead atoms.